The Morgan fingerprint density at radius 1 is 1.44 bits per heavy atom. The third-order valence-corrected chi connectivity index (χ3v) is 4.19. The SMILES string of the molecule is CNS(=O)(=O)c1ccc(CC(C)=O)c(Br)c1. The molecule has 1 aromatic carbocycles. The van der Waals surface area contributed by atoms with E-state index in [2.05, 4.69) is 20.7 Å². The molecule has 0 aromatic heterocycles. The lowest BCUT2D eigenvalue weighted by Gasteiger charge is -2.06. The van der Waals surface area contributed by atoms with Gasteiger partial charge in [-0.25, -0.2) is 13.1 Å². The van der Waals surface area contributed by atoms with Crippen molar-refractivity contribution in [3.8, 4) is 0 Å². The summed E-state index contributed by atoms with van der Waals surface area (Å²) in [4.78, 5) is 11.1. The highest BCUT2D eigenvalue weighted by Gasteiger charge is 2.13. The molecule has 0 unspecified atom stereocenters. The van der Waals surface area contributed by atoms with Crippen molar-refractivity contribution in [2.75, 3.05) is 7.05 Å². The van der Waals surface area contributed by atoms with Gasteiger partial charge in [0, 0.05) is 10.9 Å². The van der Waals surface area contributed by atoms with Crippen LogP contribution in [0.4, 0.5) is 0 Å². The smallest absolute Gasteiger partial charge is 0.240 e. The van der Waals surface area contributed by atoms with E-state index in [9.17, 15) is 13.2 Å². The van der Waals surface area contributed by atoms with Crippen molar-refractivity contribution in [1.29, 1.82) is 0 Å². The molecule has 0 bridgehead atoms. The topological polar surface area (TPSA) is 63.2 Å². The fourth-order valence-corrected chi connectivity index (χ4v) is 2.65. The van der Waals surface area contributed by atoms with Crippen LogP contribution in [0.15, 0.2) is 27.6 Å². The van der Waals surface area contributed by atoms with Crippen molar-refractivity contribution < 1.29 is 13.2 Å². The number of carbonyl (C=O) groups excluding carboxylic acids is 1. The quantitative estimate of drug-likeness (QED) is 0.916. The maximum absolute atomic E-state index is 11.5. The molecule has 6 heteroatoms. The molecule has 0 atom stereocenters. The predicted octanol–water partition coefficient (Wildman–Crippen LogP) is 1.49. The van der Waals surface area contributed by atoms with Gasteiger partial charge in [-0.15, -0.1) is 0 Å². The number of carbonyl (C=O) groups is 1. The first kappa shape index (κ1) is 13.3. The summed E-state index contributed by atoms with van der Waals surface area (Å²) in [6.45, 7) is 1.49. The van der Waals surface area contributed by atoms with Crippen LogP contribution in [-0.2, 0) is 21.2 Å². The van der Waals surface area contributed by atoms with Crippen LogP contribution in [0.3, 0.4) is 0 Å². The molecule has 4 nitrogen and oxygen atoms in total. The van der Waals surface area contributed by atoms with Gasteiger partial charge in [-0.05, 0) is 31.7 Å². The Morgan fingerprint density at radius 3 is 2.50 bits per heavy atom. The number of ketones is 1. The van der Waals surface area contributed by atoms with E-state index >= 15 is 0 Å². The largest absolute Gasteiger partial charge is 0.300 e. The van der Waals surface area contributed by atoms with Gasteiger partial charge in [-0.1, -0.05) is 22.0 Å². The Morgan fingerprint density at radius 2 is 2.06 bits per heavy atom. The van der Waals surface area contributed by atoms with E-state index in [0.29, 0.717) is 10.9 Å². The highest BCUT2D eigenvalue weighted by Crippen LogP contribution is 2.21. The molecule has 16 heavy (non-hydrogen) atoms. The van der Waals surface area contributed by atoms with Crippen molar-refractivity contribution >= 4 is 31.7 Å². The summed E-state index contributed by atoms with van der Waals surface area (Å²) < 4.78 is 25.8. The van der Waals surface area contributed by atoms with E-state index in [0.717, 1.165) is 5.56 Å². The number of sulfonamides is 1. The molecule has 0 heterocycles. The number of rotatable bonds is 4. The molecule has 88 valence electrons. The lowest BCUT2D eigenvalue weighted by Crippen LogP contribution is -2.18. The molecule has 0 aliphatic heterocycles. The van der Waals surface area contributed by atoms with E-state index in [1.165, 1.54) is 26.1 Å². The highest BCUT2D eigenvalue weighted by molar-refractivity contribution is 9.10. The van der Waals surface area contributed by atoms with E-state index < -0.39 is 10.0 Å². The first-order valence-electron chi connectivity index (χ1n) is 4.58. The van der Waals surface area contributed by atoms with Gasteiger partial charge in [-0.2, -0.15) is 0 Å². The Bertz CT molecular complexity index is 511. The molecule has 0 saturated heterocycles. The van der Waals surface area contributed by atoms with Gasteiger partial charge < -0.3 is 0 Å². The first-order chi connectivity index (χ1) is 7.36. The van der Waals surface area contributed by atoms with Crippen LogP contribution in [0, 0.1) is 0 Å². The van der Waals surface area contributed by atoms with E-state index in [-0.39, 0.29) is 10.7 Å². The average molecular weight is 306 g/mol. The second-order valence-corrected chi connectivity index (χ2v) is 6.08. The Balaban J connectivity index is 3.14. The third kappa shape index (κ3) is 3.13. The number of nitrogens with one attached hydrogen (secondary N) is 1. The average Bonchev–Trinajstić information content (AvgIpc) is 2.20. The molecule has 1 N–H and O–H groups in total. The Kier molecular flexibility index (Phi) is 4.23. The minimum Gasteiger partial charge on any atom is -0.300 e. The standard InChI is InChI=1S/C10H12BrNO3S/c1-7(13)5-8-3-4-9(6-10(8)11)16(14,15)12-2/h3-4,6,12H,5H2,1-2H3. The van der Waals surface area contributed by atoms with E-state index in [4.69, 9.17) is 0 Å². The fraction of sp³-hybridized carbons (Fsp3) is 0.300. The molecule has 0 fully saturated rings. The van der Waals surface area contributed by atoms with Gasteiger partial charge in [0.15, 0.2) is 0 Å². The van der Waals surface area contributed by atoms with E-state index in [1.54, 1.807) is 6.07 Å². The zero-order chi connectivity index (χ0) is 12.3. The van der Waals surface area contributed by atoms with Gasteiger partial charge >= 0.3 is 0 Å². The molecule has 0 aliphatic rings. The first-order valence-corrected chi connectivity index (χ1v) is 6.86. The van der Waals surface area contributed by atoms with Crippen LogP contribution >= 0.6 is 15.9 Å². The molecular formula is C10H12BrNO3S. The van der Waals surface area contributed by atoms with Crippen molar-refractivity contribution in [3.05, 3.63) is 28.2 Å². The molecule has 0 amide bonds. The summed E-state index contributed by atoms with van der Waals surface area (Å²) >= 11 is 3.25. The molecule has 1 aromatic rings. The molecule has 0 radical (unpaired) electrons. The summed E-state index contributed by atoms with van der Waals surface area (Å²) in [6.07, 6.45) is 0.292. The second kappa shape index (κ2) is 5.07. The maximum atomic E-state index is 11.5. The number of hydrogen-bond acceptors (Lipinski definition) is 3. The van der Waals surface area contributed by atoms with Crippen LogP contribution < -0.4 is 4.72 Å². The van der Waals surface area contributed by atoms with Crippen molar-refractivity contribution in [3.63, 3.8) is 0 Å². The number of benzene rings is 1. The van der Waals surface area contributed by atoms with Crippen LogP contribution in [0.25, 0.3) is 0 Å². The van der Waals surface area contributed by atoms with Gasteiger partial charge in [0.1, 0.15) is 5.78 Å². The Labute approximate surface area is 103 Å². The lowest BCUT2D eigenvalue weighted by atomic mass is 10.1. The van der Waals surface area contributed by atoms with Crippen molar-refractivity contribution in [2.24, 2.45) is 0 Å². The van der Waals surface area contributed by atoms with Crippen LogP contribution in [-0.4, -0.2) is 21.2 Å². The minimum absolute atomic E-state index is 0.0323. The summed E-state index contributed by atoms with van der Waals surface area (Å²) in [6, 6.07) is 4.61. The van der Waals surface area contributed by atoms with Gasteiger partial charge in [0.25, 0.3) is 0 Å². The Hall–Kier alpha value is -0.720. The molecule has 0 saturated carbocycles. The third-order valence-electron chi connectivity index (χ3n) is 2.04. The molecule has 0 spiro atoms. The zero-order valence-corrected chi connectivity index (χ0v) is 11.4. The molecule has 0 aliphatic carbocycles. The van der Waals surface area contributed by atoms with Crippen molar-refractivity contribution in [2.45, 2.75) is 18.2 Å². The molecule has 1 rings (SSSR count). The van der Waals surface area contributed by atoms with Crippen LogP contribution in [0.5, 0.6) is 0 Å². The lowest BCUT2D eigenvalue weighted by molar-refractivity contribution is -0.116. The van der Waals surface area contributed by atoms with Crippen molar-refractivity contribution in [1.82, 2.24) is 4.72 Å². The van der Waals surface area contributed by atoms with E-state index in [1.807, 2.05) is 0 Å². The number of hydrogen-bond donors (Lipinski definition) is 1. The summed E-state index contributed by atoms with van der Waals surface area (Å²) in [5.74, 6) is 0.0323. The highest BCUT2D eigenvalue weighted by atomic mass is 79.9. The number of halogens is 1. The van der Waals surface area contributed by atoms with Gasteiger partial charge in [0.05, 0.1) is 4.90 Å². The predicted molar refractivity (Wildman–Crippen MR) is 64.8 cm³/mol. The summed E-state index contributed by atoms with van der Waals surface area (Å²) in [7, 11) is -2.08. The summed E-state index contributed by atoms with van der Waals surface area (Å²) in [5.41, 5.74) is 0.780. The van der Waals surface area contributed by atoms with Crippen LogP contribution in [0.2, 0.25) is 0 Å². The normalized spacial score (nSPS) is 11.4. The minimum atomic E-state index is -3.43. The maximum Gasteiger partial charge on any atom is 0.240 e. The van der Waals surface area contributed by atoms with Gasteiger partial charge in [-0.3, -0.25) is 4.79 Å². The van der Waals surface area contributed by atoms with Crippen LogP contribution in [0.1, 0.15) is 12.5 Å². The van der Waals surface area contributed by atoms with Gasteiger partial charge in [0.2, 0.25) is 10.0 Å². The number of Topliss-reactive ketones (excluding diaryl/α,β-unsaturated/α-hetero) is 1. The second-order valence-electron chi connectivity index (χ2n) is 3.34. The monoisotopic (exact) mass is 305 g/mol. The molecular weight excluding hydrogens is 294 g/mol. The summed E-state index contributed by atoms with van der Waals surface area (Å²) in [5, 5.41) is 0. The fourth-order valence-electron chi connectivity index (χ4n) is 1.22. The zero-order valence-electron chi connectivity index (χ0n) is 8.95.